The maximum atomic E-state index is 14.5. The summed E-state index contributed by atoms with van der Waals surface area (Å²) >= 11 is 0. The lowest BCUT2D eigenvalue weighted by molar-refractivity contribution is -0.182. The van der Waals surface area contributed by atoms with Crippen LogP contribution in [0.25, 0.3) is 0 Å². The van der Waals surface area contributed by atoms with Gasteiger partial charge >= 0.3 is 43.6 Å². The van der Waals surface area contributed by atoms with Crippen molar-refractivity contribution in [2.24, 2.45) is 16.6 Å². The smallest absolute Gasteiger partial charge is 0.465 e. The molecule has 2 heterocycles. The first-order valence-corrected chi connectivity index (χ1v) is 18.0. The second-order valence-electron chi connectivity index (χ2n) is 11.4. The molecule has 24 nitrogen and oxygen atoms in total. The second kappa shape index (κ2) is 20.9. The summed E-state index contributed by atoms with van der Waals surface area (Å²) in [6.45, 7) is 0.369. The van der Waals surface area contributed by atoms with Gasteiger partial charge in [-0.2, -0.15) is 0 Å². The maximum Gasteiger partial charge on any atom is 0.474 e. The van der Waals surface area contributed by atoms with Crippen molar-refractivity contribution in [2.45, 2.75) is 66.1 Å². The standard InChI is InChI=1S/C30H45N4O20P/c1-7-45-25(40)29(12-49-17(5)35,26(41)46-8-2)14-52-55(44,53-15-30(13-50-18(6)36,27(42)47-9-3)28(43)48-10-4)51-11-19-20(37)21(38)24(54-19)34-16-32-23(33-34)22(31)39/h16,19-21,24,37-38H,7-15H2,1-6H3,(H2,31,39)/t19-,20-,21-,24-/m1/s1. The van der Waals surface area contributed by atoms with E-state index >= 15 is 0 Å². The molecule has 1 aromatic heterocycles. The van der Waals surface area contributed by atoms with E-state index in [1.54, 1.807) is 0 Å². The minimum Gasteiger partial charge on any atom is -0.465 e. The van der Waals surface area contributed by atoms with Gasteiger partial charge in [-0.15, -0.1) is 5.10 Å². The van der Waals surface area contributed by atoms with Crippen LogP contribution in [0.3, 0.4) is 0 Å². The molecule has 1 aliphatic rings. The van der Waals surface area contributed by atoms with Crippen LogP contribution in [0.2, 0.25) is 0 Å². The lowest BCUT2D eigenvalue weighted by Gasteiger charge is -2.32. The van der Waals surface area contributed by atoms with Gasteiger partial charge in [0.1, 0.15) is 37.9 Å². The van der Waals surface area contributed by atoms with Crippen LogP contribution in [0, 0.1) is 10.8 Å². The summed E-state index contributed by atoms with van der Waals surface area (Å²) in [6, 6.07) is 0. The minimum absolute atomic E-state index is 0.310. The van der Waals surface area contributed by atoms with E-state index in [9.17, 15) is 48.3 Å². The second-order valence-corrected chi connectivity index (χ2v) is 13.0. The topological polar surface area (TPSA) is 326 Å². The van der Waals surface area contributed by atoms with Crippen molar-refractivity contribution in [1.29, 1.82) is 0 Å². The Morgan fingerprint density at radius 1 is 0.727 bits per heavy atom. The first-order chi connectivity index (χ1) is 25.9. The van der Waals surface area contributed by atoms with Crippen LogP contribution in [-0.2, 0) is 80.1 Å². The number of aliphatic hydroxyl groups excluding tert-OH is 2. The van der Waals surface area contributed by atoms with Crippen LogP contribution in [0.4, 0.5) is 0 Å². The van der Waals surface area contributed by atoms with E-state index in [0.717, 1.165) is 24.9 Å². The van der Waals surface area contributed by atoms with Crippen molar-refractivity contribution < 1.29 is 95.1 Å². The zero-order valence-corrected chi connectivity index (χ0v) is 31.8. The van der Waals surface area contributed by atoms with E-state index in [4.69, 9.17) is 52.5 Å². The number of hydrogen-bond acceptors (Lipinski definition) is 22. The lowest BCUT2D eigenvalue weighted by Crippen LogP contribution is -2.50. The summed E-state index contributed by atoms with van der Waals surface area (Å²) < 4.78 is 67.3. The molecule has 25 heteroatoms. The number of nitrogens with two attached hydrogens (primary N) is 1. The maximum absolute atomic E-state index is 14.5. The highest BCUT2D eigenvalue weighted by Gasteiger charge is 2.56. The molecular formula is C30H45N4O20P. The molecule has 0 saturated carbocycles. The molecule has 2 rings (SSSR count). The molecule has 4 atom stereocenters. The van der Waals surface area contributed by atoms with Gasteiger partial charge in [-0.3, -0.25) is 47.1 Å². The third-order valence-electron chi connectivity index (χ3n) is 7.37. The Hall–Kier alpha value is -4.58. The number of carbonyl (C=O) groups excluding carboxylic acids is 7. The van der Waals surface area contributed by atoms with Crippen molar-refractivity contribution in [3.8, 4) is 0 Å². The van der Waals surface area contributed by atoms with Crippen molar-refractivity contribution >= 4 is 49.5 Å². The number of phosphoric ester groups is 1. The largest absolute Gasteiger partial charge is 0.474 e. The molecule has 0 radical (unpaired) electrons. The van der Waals surface area contributed by atoms with Crippen molar-refractivity contribution in [2.75, 3.05) is 59.5 Å². The van der Waals surface area contributed by atoms with Crippen molar-refractivity contribution in [3.63, 3.8) is 0 Å². The quantitative estimate of drug-likeness (QED) is 0.0490. The molecule has 0 aliphatic carbocycles. The fraction of sp³-hybridized carbons (Fsp3) is 0.700. The third-order valence-corrected chi connectivity index (χ3v) is 8.73. The Morgan fingerprint density at radius 3 is 1.49 bits per heavy atom. The zero-order chi connectivity index (χ0) is 41.6. The minimum atomic E-state index is -5.42. The molecule has 0 aromatic carbocycles. The normalized spacial score (nSPS) is 18.5. The Balaban J connectivity index is 2.63. The predicted octanol–water partition coefficient (Wildman–Crippen LogP) is -1.49. The molecule has 55 heavy (non-hydrogen) atoms. The SMILES string of the molecule is CCOC(=O)C(COC(C)=O)(COP(=O)(OC[C@H]1O[C@@H](n2cnc(C(N)=O)n2)[C@H](O)[C@@H]1O)OCC(COC(C)=O)(C(=O)OCC)C(=O)OCC)C(=O)OCC. The van der Waals surface area contributed by atoms with Gasteiger partial charge in [-0.1, -0.05) is 0 Å². The predicted molar refractivity (Wildman–Crippen MR) is 175 cm³/mol. The number of nitrogens with zero attached hydrogens (tertiary/aromatic N) is 3. The average molecular weight is 813 g/mol. The summed E-state index contributed by atoms with van der Waals surface area (Å²) in [5.74, 6) is -8.89. The molecule has 0 bridgehead atoms. The molecule has 1 fully saturated rings. The number of primary amides is 1. The van der Waals surface area contributed by atoms with E-state index < -0.39 is 124 Å². The van der Waals surface area contributed by atoms with Gasteiger partial charge < -0.3 is 49.1 Å². The molecule has 1 saturated heterocycles. The molecule has 310 valence electrons. The highest BCUT2D eigenvalue weighted by atomic mass is 31.2. The highest BCUT2D eigenvalue weighted by molar-refractivity contribution is 7.48. The van der Waals surface area contributed by atoms with Crippen LogP contribution in [-0.4, -0.2) is 144 Å². The molecule has 1 amide bonds. The van der Waals surface area contributed by atoms with Gasteiger partial charge in [0.2, 0.25) is 16.7 Å². The Labute approximate surface area is 313 Å². The third kappa shape index (κ3) is 12.0. The number of esters is 6. The number of carbonyl (C=O) groups is 7. The summed E-state index contributed by atoms with van der Waals surface area (Å²) in [4.78, 5) is 91.9. The van der Waals surface area contributed by atoms with Gasteiger partial charge in [0.15, 0.2) is 6.23 Å². The van der Waals surface area contributed by atoms with E-state index in [1.807, 2.05) is 0 Å². The first kappa shape index (κ1) is 46.6. The number of rotatable bonds is 23. The number of hydrogen-bond donors (Lipinski definition) is 3. The van der Waals surface area contributed by atoms with Crippen LogP contribution < -0.4 is 5.73 Å². The summed E-state index contributed by atoms with van der Waals surface area (Å²) in [6.07, 6.45) is -5.77. The molecule has 1 aliphatic heterocycles. The number of aromatic nitrogens is 3. The van der Waals surface area contributed by atoms with Crippen LogP contribution in [0.1, 0.15) is 58.4 Å². The van der Waals surface area contributed by atoms with Gasteiger partial charge in [0.05, 0.1) is 46.2 Å². The van der Waals surface area contributed by atoms with E-state index in [1.165, 1.54) is 27.7 Å². The molecule has 1 aromatic rings. The van der Waals surface area contributed by atoms with Crippen LogP contribution in [0.15, 0.2) is 6.33 Å². The summed E-state index contributed by atoms with van der Waals surface area (Å²) in [5.41, 5.74) is -0.211. The van der Waals surface area contributed by atoms with Crippen molar-refractivity contribution in [3.05, 3.63) is 12.2 Å². The van der Waals surface area contributed by atoms with Gasteiger partial charge in [-0.05, 0) is 27.7 Å². The number of phosphoric acid groups is 1. The fourth-order valence-electron chi connectivity index (χ4n) is 4.50. The number of aliphatic hydroxyl groups is 2. The van der Waals surface area contributed by atoms with E-state index in [2.05, 4.69) is 10.1 Å². The number of ether oxygens (including phenoxy) is 7. The molecule has 0 unspecified atom stereocenters. The monoisotopic (exact) mass is 812 g/mol. The Morgan fingerprint density at radius 2 is 1.15 bits per heavy atom. The van der Waals surface area contributed by atoms with Gasteiger partial charge in [-0.25, -0.2) is 14.2 Å². The first-order valence-electron chi connectivity index (χ1n) is 16.6. The van der Waals surface area contributed by atoms with E-state index in [0.29, 0.717) is 0 Å². The fourth-order valence-corrected chi connectivity index (χ4v) is 5.81. The lowest BCUT2D eigenvalue weighted by atomic mass is 9.90. The van der Waals surface area contributed by atoms with Gasteiger partial charge in [0.25, 0.3) is 5.91 Å². The van der Waals surface area contributed by atoms with Crippen LogP contribution in [0.5, 0.6) is 0 Å². The molecule has 4 N–H and O–H groups in total. The number of amides is 1. The summed E-state index contributed by atoms with van der Waals surface area (Å²) in [7, 11) is -5.42. The van der Waals surface area contributed by atoms with Crippen LogP contribution >= 0.6 is 7.82 Å². The Bertz CT molecular complexity index is 1480. The summed E-state index contributed by atoms with van der Waals surface area (Å²) in [5, 5.41) is 25.2. The van der Waals surface area contributed by atoms with Crippen molar-refractivity contribution in [1.82, 2.24) is 14.8 Å². The molecule has 0 spiro atoms. The van der Waals surface area contributed by atoms with Gasteiger partial charge in [0, 0.05) is 13.8 Å². The van der Waals surface area contributed by atoms with E-state index in [-0.39, 0.29) is 26.4 Å². The zero-order valence-electron chi connectivity index (χ0n) is 30.9. The molecular weight excluding hydrogens is 767 g/mol. The Kier molecular flexibility index (Phi) is 17.7. The average Bonchev–Trinajstić information content (AvgIpc) is 3.72. The highest BCUT2D eigenvalue weighted by Crippen LogP contribution is 2.53.